The lowest BCUT2D eigenvalue weighted by Crippen LogP contribution is -2.54. The zero-order valence-electron chi connectivity index (χ0n) is 21.6. The van der Waals surface area contributed by atoms with Gasteiger partial charge in [-0.25, -0.2) is 4.79 Å². The fourth-order valence-electron chi connectivity index (χ4n) is 9.36. The summed E-state index contributed by atoms with van der Waals surface area (Å²) in [6.07, 6.45) is 13.4. The van der Waals surface area contributed by atoms with Gasteiger partial charge >= 0.3 is 6.16 Å². The Balaban J connectivity index is 1.20. The molecule has 2 N–H and O–H groups in total. The van der Waals surface area contributed by atoms with Crippen LogP contribution in [0.3, 0.4) is 0 Å². The molecule has 192 valence electrons. The molecule has 0 aromatic carbocycles. The third-order valence-electron chi connectivity index (χ3n) is 11.2. The Hall–Kier alpha value is -1.14. The van der Waals surface area contributed by atoms with Gasteiger partial charge in [0, 0.05) is 12.0 Å². The van der Waals surface area contributed by atoms with Gasteiger partial charge in [0.05, 0.1) is 11.8 Å². The van der Waals surface area contributed by atoms with Gasteiger partial charge < -0.3 is 15.2 Å². The van der Waals surface area contributed by atoms with Crippen molar-refractivity contribution < 1.29 is 19.5 Å². The number of nitrogens with one attached hydrogen (secondary N) is 1. The molecule has 1 saturated heterocycles. The topological polar surface area (TPSA) is 80.2 Å². The molecule has 34 heavy (non-hydrogen) atoms. The molecule has 4 saturated carbocycles. The number of rotatable bonds is 4. The number of oxime groups is 1. The standard InChI is InChI=1S/C28H46N2O4/c1-18(30-34-26(32)33-17-20-6-4-5-15-29-20)23-9-10-24-22-8-7-19-16-21(31)11-13-27(19,2)25(22)12-14-28(23,24)3/h19-25,29,31H,4-17H2,1-3H3/b30-18+/t19-,20?,21-,22-,23+,24-,25-,27-,28+/m0/s1. The van der Waals surface area contributed by atoms with Gasteiger partial charge in [-0.05, 0) is 119 Å². The summed E-state index contributed by atoms with van der Waals surface area (Å²) < 4.78 is 5.32. The summed E-state index contributed by atoms with van der Waals surface area (Å²) in [5, 5.41) is 17.9. The van der Waals surface area contributed by atoms with Crippen molar-refractivity contribution in [2.45, 2.75) is 110 Å². The van der Waals surface area contributed by atoms with Crippen LogP contribution in [-0.2, 0) is 9.57 Å². The largest absolute Gasteiger partial charge is 0.535 e. The molecule has 0 spiro atoms. The molecule has 0 radical (unpaired) electrons. The van der Waals surface area contributed by atoms with Gasteiger partial charge in [-0.1, -0.05) is 25.4 Å². The third-order valence-corrected chi connectivity index (χ3v) is 11.2. The lowest BCUT2D eigenvalue weighted by Gasteiger charge is -2.61. The van der Waals surface area contributed by atoms with Crippen LogP contribution in [0.4, 0.5) is 4.79 Å². The molecule has 5 fully saturated rings. The van der Waals surface area contributed by atoms with Crippen LogP contribution >= 0.6 is 0 Å². The van der Waals surface area contributed by atoms with Crippen molar-refractivity contribution in [3.05, 3.63) is 0 Å². The zero-order valence-corrected chi connectivity index (χ0v) is 21.6. The highest BCUT2D eigenvalue weighted by molar-refractivity contribution is 5.85. The third kappa shape index (κ3) is 4.42. The molecule has 0 amide bonds. The molecule has 0 aromatic rings. The fraction of sp³-hybridized carbons (Fsp3) is 0.929. The van der Waals surface area contributed by atoms with Gasteiger partial charge in [0.15, 0.2) is 0 Å². The van der Waals surface area contributed by atoms with E-state index in [4.69, 9.17) is 9.57 Å². The Morgan fingerprint density at radius 1 is 1.00 bits per heavy atom. The van der Waals surface area contributed by atoms with Gasteiger partial charge in [0.2, 0.25) is 0 Å². The number of hydrogen-bond acceptors (Lipinski definition) is 6. The van der Waals surface area contributed by atoms with Crippen molar-refractivity contribution in [2.75, 3.05) is 13.2 Å². The summed E-state index contributed by atoms with van der Waals surface area (Å²) in [5.41, 5.74) is 1.60. The van der Waals surface area contributed by atoms with E-state index >= 15 is 0 Å². The van der Waals surface area contributed by atoms with Crippen LogP contribution in [0.15, 0.2) is 5.16 Å². The SMILES string of the molecule is C/C(=N\OC(=O)OCC1CCCCN1)[C@H]1CC[C@H]2[C@@H]3CC[C@H]4C[C@@H](O)CC[C@]4(C)[C@H]3CC[C@]12C. The molecule has 9 atom stereocenters. The van der Waals surface area contributed by atoms with Gasteiger partial charge in [-0.3, -0.25) is 4.84 Å². The minimum Gasteiger partial charge on any atom is -0.431 e. The molecule has 0 bridgehead atoms. The first-order chi connectivity index (χ1) is 16.3. The van der Waals surface area contributed by atoms with Gasteiger partial charge in [-0.15, -0.1) is 0 Å². The fourth-order valence-corrected chi connectivity index (χ4v) is 9.36. The van der Waals surface area contributed by atoms with Crippen LogP contribution < -0.4 is 5.32 Å². The Bertz CT molecular complexity index is 780. The van der Waals surface area contributed by atoms with Gasteiger partial charge in [-0.2, -0.15) is 0 Å². The second kappa shape index (κ2) is 9.72. The first-order valence-electron chi connectivity index (χ1n) is 14.1. The first-order valence-corrected chi connectivity index (χ1v) is 14.1. The first kappa shape index (κ1) is 24.5. The van der Waals surface area contributed by atoms with Crippen LogP contribution in [-0.4, -0.2) is 42.3 Å². The summed E-state index contributed by atoms with van der Waals surface area (Å²) in [6.45, 7) is 8.42. The number of piperidine rings is 1. The summed E-state index contributed by atoms with van der Waals surface area (Å²) in [4.78, 5) is 17.4. The number of carbonyl (C=O) groups excluding carboxylic acids is 1. The average molecular weight is 475 g/mol. The van der Waals surface area contributed by atoms with Crippen molar-refractivity contribution in [3.63, 3.8) is 0 Å². The van der Waals surface area contributed by atoms with E-state index in [1.807, 2.05) is 6.92 Å². The second-order valence-electron chi connectivity index (χ2n) is 12.8. The summed E-state index contributed by atoms with van der Waals surface area (Å²) in [6, 6.07) is 0.237. The zero-order chi connectivity index (χ0) is 23.9. The smallest absolute Gasteiger partial charge is 0.431 e. The molecular formula is C28H46N2O4. The molecular weight excluding hydrogens is 428 g/mol. The van der Waals surface area contributed by atoms with E-state index in [0.29, 0.717) is 23.9 Å². The highest BCUT2D eigenvalue weighted by Crippen LogP contribution is 2.67. The molecule has 5 aliphatic rings. The van der Waals surface area contributed by atoms with E-state index in [1.165, 1.54) is 51.4 Å². The Kier molecular flexibility index (Phi) is 7.02. The number of hydrogen-bond donors (Lipinski definition) is 2. The number of nitrogens with zero attached hydrogens (tertiary/aromatic N) is 1. The highest BCUT2D eigenvalue weighted by Gasteiger charge is 2.60. The lowest BCUT2D eigenvalue weighted by atomic mass is 9.44. The van der Waals surface area contributed by atoms with E-state index in [0.717, 1.165) is 55.7 Å². The summed E-state index contributed by atoms with van der Waals surface area (Å²) in [5.74, 6) is 3.40. The van der Waals surface area contributed by atoms with E-state index in [2.05, 4.69) is 24.3 Å². The lowest BCUT2D eigenvalue weighted by molar-refractivity contribution is -0.123. The number of aliphatic hydroxyl groups excluding tert-OH is 1. The summed E-state index contributed by atoms with van der Waals surface area (Å²) in [7, 11) is 0. The van der Waals surface area contributed by atoms with Crippen molar-refractivity contribution in [2.24, 2.45) is 45.6 Å². The Morgan fingerprint density at radius 2 is 1.79 bits per heavy atom. The number of aliphatic hydroxyl groups is 1. The quantitative estimate of drug-likeness (QED) is 0.237. The van der Waals surface area contributed by atoms with E-state index in [1.54, 1.807) is 0 Å². The molecule has 1 heterocycles. The maximum absolute atomic E-state index is 12.2. The number of carbonyl (C=O) groups is 1. The Morgan fingerprint density at radius 3 is 2.59 bits per heavy atom. The molecule has 4 aliphatic carbocycles. The molecule has 0 aromatic heterocycles. The maximum atomic E-state index is 12.2. The average Bonchev–Trinajstić information content (AvgIpc) is 3.19. The van der Waals surface area contributed by atoms with Crippen molar-refractivity contribution in [3.8, 4) is 0 Å². The minimum atomic E-state index is -0.680. The Labute approximate surface area is 205 Å². The minimum absolute atomic E-state index is 0.0798. The van der Waals surface area contributed by atoms with Crippen LogP contribution in [0.2, 0.25) is 0 Å². The number of fused-ring (bicyclic) bond motifs is 5. The van der Waals surface area contributed by atoms with Crippen molar-refractivity contribution >= 4 is 11.9 Å². The highest BCUT2D eigenvalue weighted by atomic mass is 16.8. The molecule has 1 unspecified atom stereocenters. The normalized spacial score (nSPS) is 46.7. The van der Waals surface area contributed by atoms with E-state index in [-0.39, 0.29) is 17.6 Å². The maximum Gasteiger partial charge on any atom is 0.535 e. The molecule has 5 rings (SSSR count). The molecule has 6 heteroatoms. The molecule has 6 nitrogen and oxygen atoms in total. The van der Waals surface area contributed by atoms with Crippen LogP contribution in [0.1, 0.15) is 97.8 Å². The monoisotopic (exact) mass is 474 g/mol. The molecule has 1 aliphatic heterocycles. The number of ether oxygens (including phenoxy) is 1. The van der Waals surface area contributed by atoms with Crippen molar-refractivity contribution in [1.82, 2.24) is 5.32 Å². The van der Waals surface area contributed by atoms with Gasteiger partial charge in [0.25, 0.3) is 0 Å². The van der Waals surface area contributed by atoms with Gasteiger partial charge in [0.1, 0.15) is 6.61 Å². The predicted octanol–water partition coefficient (Wildman–Crippen LogP) is 5.68. The van der Waals surface area contributed by atoms with Crippen LogP contribution in [0.5, 0.6) is 0 Å². The van der Waals surface area contributed by atoms with Crippen molar-refractivity contribution in [1.29, 1.82) is 0 Å². The van der Waals surface area contributed by atoms with Crippen LogP contribution in [0.25, 0.3) is 0 Å². The predicted molar refractivity (Wildman–Crippen MR) is 132 cm³/mol. The second-order valence-corrected chi connectivity index (χ2v) is 12.8. The summed E-state index contributed by atoms with van der Waals surface area (Å²) >= 11 is 0. The van der Waals surface area contributed by atoms with E-state index < -0.39 is 6.16 Å². The van der Waals surface area contributed by atoms with Crippen LogP contribution in [0, 0.1) is 40.4 Å². The van der Waals surface area contributed by atoms with E-state index in [9.17, 15) is 9.90 Å².